The molecular formula is C12H15FN2OS. The van der Waals surface area contributed by atoms with Crippen LogP contribution < -0.4 is 10.6 Å². The molecule has 0 aromatic heterocycles. The predicted molar refractivity (Wildman–Crippen MR) is 68.8 cm³/mol. The summed E-state index contributed by atoms with van der Waals surface area (Å²) in [5, 5.41) is 5.85. The van der Waals surface area contributed by atoms with Crippen LogP contribution in [0.25, 0.3) is 0 Å². The van der Waals surface area contributed by atoms with Crippen LogP contribution in [0.3, 0.4) is 0 Å². The number of thioether (sulfide) groups is 1. The van der Waals surface area contributed by atoms with Crippen LogP contribution in [0.2, 0.25) is 0 Å². The maximum absolute atomic E-state index is 12.9. The van der Waals surface area contributed by atoms with Crippen LogP contribution in [0.15, 0.2) is 24.3 Å². The first-order valence-electron chi connectivity index (χ1n) is 5.60. The summed E-state index contributed by atoms with van der Waals surface area (Å²) in [6.45, 7) is 0.280. The second-order valence-electron chi connectivity index (χ2n) is 4.00. The summed E-state index contributed by atoms with van der Waals surface area (Å²) in [6, 6.07) is 6.34. The van der Waals surface area contributed by atoms with Crippen LogP contribution in [0.1, 0.15) is 6.42 Å². The van der Waals surface area contributed by atoms with Gasteiger partial charge in [-0.15, -0.1) is 0 Å². The van der Waals surface area contributed by atoms with Crippen LogP contribution in [-0.2, 0) is 4.79 Å². The van der Waals surface area contributed by atoms with Crippen molar-refractivity contribution in [2.24, 2.45) is 0 Å². The fraction of sp³-hybridized carbons (Fsp3) is 0.417. The van der Waals surface area contributed by atoms with Gasteiger partial charge in [0.05, 0.1) is 6.54 Å². The first kappa shape index (κ1) is 12.4. The van der Waals surface area contributed by atoms with Crippen LogP contribution in [-0.4, -0.2) is 30.0 Å². The lowest BCUT2D eigenvalue weighted by Crippen LogP contribution is -2.36. The van der Waals surface area contributed by atoms with Gasteiger partial charge < -0.3 is 10.6 Å². The largest absolute Gasteiger partial charge is 0.325 e. The molecule has 0 aliphatic carbocycles. The molecule has 1 aliphatic heterocycles. The minimum absolute atomic E-state index is 0.132. The molecule has 0 radical (unpaired) electrons. The summed E-state index contributed by atoms with van der Waals surface area (Å²) in [4.78, 5) is 11.6. The molecule has 17 heavy (non-hydrogen) atoms. The molecule has 1 heterocycles. The van der Waals surface area contributed by atoms with Crippen molar-refractivity contribution in [1.29, 1.82) is 0 Å². The molecule has 2 rings (SSSR count). The molecule has 0 saturated carbocycles. The van der Waals surface area contributed by atoms with E-state index in [9.17, 15) is 9.18 Å². The zero-order chi connectivity index (χ0) is 12.1. The molecule has 5 heteroatoms. The van der Waals surface area contributed by atoms with Crippen molar-refractivity contribution in [2.75, 3.05) is 23.4 Å². The van der Waals surface area contributed by atoms with Gasteiger partial charge in [0.15, 0.2) is 0 Å². The number of amides is 1. The summed E-state index contributed by atoms with van der Waals surface area (Å²) in [5.41, 5.74) is 0.498. The van der Waals surface area contributed by atoms with Crippen molar-refractivity contribution in [3.63, 3.8) is 0 Å². The smallest absolute Gasteiger partial charge is 0.238 e. The molecular weight excluding hydrogens is 239 g/mol. The van der Waals surface area contributed by atoms with Gasteiger partial charge in [0.1, 0.15) is 5.82 Å². The zero-order valence-corrected chi connectivity index (χ0v) is 10.2. The van der Waals surface area contributed by atoms with E-state index in [1.807, 2.05) is 11.8 Å². The van der Waals surface area contributed by atoms with E-state index in [0.717, 1.165) is 17.9 Å². The Morgan fingerprint density at radius 2 is 2.41 bits per heavy atom. The molecule has 0 bridgehead atoms. The van der Waals surface area contributed by atoms with E-state index in [0.29, 0.717) is 11.7 Å². The van der Waals surface area contributed by atoms with Gasteiger partial charge in [-0.05, 0) is 30.4 Å². The first-order chi connectivity index (χ1) is 8.24. The molecule has 1 atom stereocenters. The van der Waals surface area contributed by atoms with E-state index in [1.54, 1.807) is 12.1 Å². The Kier molecular flexibility index (Phi) is 4.39. The molecule has 1 fully saturated rings. The Morgan fingerprint density at radius 1 is 1.53 bits per heavy atom. The predicted octanol–water partition coefficient (Wildman–Crippen LogP) is 1.86. The Bertz CT molecular complexity index is 394. The van der Waals surface area contributed by atoms with Crippen LogP contribution in [0.5, 0.6) is 0 Å². The van der Waals surface area contributed by atoms with Gasteiger partial charge >= 0.3 is 0 Å². The van der Waals surface area contributed by atoms with Crippen LogP contribution in [0, 0.1) is 5.82 Å². The third-order valence-electron chi connectivity index (χ3n) is 2.59. The lowest BCUT2D eigenvalue weighted by atomic mass is 10.2. The summed E-state index contributed by atoms with van der Waals surface area (Å²) < 4.78 is 12.9. The lowest BCUT2D eigenvalue weighted by Gasteiger charge is -2.11. The van der Waals surface area contributed by atoms with Crippen molar-refractivity contribution >= 4 is 23.4 Å². The number of nitrogens with one attached hydrogen (secondary N) is 2. The fourth-order valence-electron chi connectivity index (χ4n) is 1.70. The van der Waals surface area contributed by atoms with Crippen molar-refractivity contribution < 1.29 is 9.18 Å². The Hall–Kier alpha value is -1.07. The molecule has 0 spiro atoms. The number of hydrogen-bond acceptors (Lipinski definition) is 3. The molecule has 92 valence electrons. The van der Waals surface area contributed by atoms with Gasteiger partial charge in [-0.25, -0.2) is 4.39 Å². The summed E-state index contributed by atoms with van der Waals surface area (Å²) in [5.74, 6) is 1.74. The zero-order valence-electron chi connectivity index (χ0n) is 9.41. The van der Waals surface area contributed by atoms with Gasteiger partial charge in [0.2, 0.25) is 5.91 Å². The van der Waals surface area contributed by atoms with E-state index in [2.05, 4.69) is 10.6 Å². The van der Waals surface area contributed by atoms with Gasteiger partial charge in [-0.1, -0.05) is 6.07 Å². The minimum atomic E-state index is -0.344. The molecule has 3 nitrogen and oxygen atoms in total. The van der Waals surface area contributed by atoms with E-state index >= 15 is 0 Å². The van der Waals surface area contributed by atoms with Crippen molar-refractivity contribution in [1.82, 2.24) is 5.32 Å². The van der Waals surface area contributed by atoms with Gasteiger partial charge in [0.25, 0.3) is 0 Å². The summed E-state index contributed by atoms with van der Waals surface area (Å²) in [6.07, 6.45) is 1.11. The van der Waals surface area contributed by atoms with Gasteiger partial charge in [0, 0.05) is 17.5 Å². The highest BCUT2D eigenvalue weighted by Gasteiger charge is 2.15. The van der Waals surface area contributed by atoms with Crippen molar-refractivity contribution in [3.8, 4) is 0 Å². The molecule has 1 aliphatic rings. The number of carbonyl (C=O) groups is 1. The third-order valence-corrected chi connectivity index (χ3v) is 3.75. The third kappa shape index (κ3) is 4.02. The summed E-state index contributed by atoms with van der Waals surface area (Å²) >= 11 is 1.90. The maximum Gasteiger partial charge on any atom is 0.238 e. The number of halogens is 1. The Balaban J connectivity index is 1.76. The minimum Gasteiger partial charge on any atom is -0.325 e. The van der Waals surface area contributed by atoms with Gasteiger partial charge in [-0.3, -0.25) is 4.79 Å². The van der Waals surface area contributed by atoms with Crippen LogP contribution in [0.4, 0.5) is 10.1 Å². The van der Waals surface area contributed by atoms with E-state index in [-0.39, 0.29) is 18.3 Å². The lowest BCUT2D eigenvalue weighted by molar-refractivity contribution is -0.115. The molecule has 1 saturated heterocycles. The standard InChI is InChI=1S/C12H15FN2OS/c13-9-2-1-3-10(6-9)15-12(16)7-14-11-4-5-17-8-11/h1-3,6,11,14H,4-5,7-8H2,(H,15,16). The quantitative estimate of drug-likeness (QED) is 0.861. The van der Waals surface area contributed by atoms with E-state index < -0.39 is 0 Å². The normalized spacial score (nSPS) is 19.2. The van der Waals surface area contributed by atoms with E-state index in [1.165, 1.54) is 12.1 Å². The number of anilines is 1. The second-order valence-corrected chi connectivity index (χ2v) is 5.15. The highest BCUT2D eigenvalue weighted by molar-refractivity contribution is 7.99. The number of hydrogen-bond donors (Lipinski definition) is 2. The Morgan fingerprint density at radius 3 is 3.12 bits per heavy atom. The molecule has 2 N–H and O–H groups in total. The van der Waals surface area contributed by atoms with E-state index in [4.69, 9.17) is 0 Å². The maximum atomic E-state index is 12.9. The molecule has 1 amide bonds. The highest BCUT2D eigenvalue weighted by atomic mass is 32.2. The fourth-order valence-corrected chi connectivity index (χ4v) is 2.89. The SMILES string of the molecule is O=C(CNC1CCSC1)Nc1cccc(F)c1. The number of benzene rings is 1. The van der Waals surface area contributed by atoms with Crippen molar-refractivity contribution in [2.45, 2.75) is 12.5 Å². The van der Waals surface area contributed by atoms with Crippen molar-refractivity contribution in [3.05, 3.63) is 30.1 Å². The molecule has 1 aromatic carbocycles. The van der Waals surface area contributed by atoms with Gasteiger partial charge in [-0.2, -0.15) is 11.8 Å². The summed E-state index contributed by atoms with van der Waals surface area (Å²) in [7, 11) is 0. The second kappa shape index (κ2) is 6.02. The molecule has 1 unspecified atom stereocenters. The highest BCUT2D eigenvalue weighted by Crippen LogP contribution is 2.16. The molecule has 1 aromatic rings. The average molecular weight is 254 g/mol. The van der Waals surface area contributed by atoms with Crippen LogP contribution >= 0.6 is 11.8 Å². The number of rotatable bonds is 4. The first-order valence-corrected chi connectivity index (χ1v) is 6.76. The monoisotopic (exact) mass is 254 g/mol. The number of carbonyl (C=O) groups excluding carboxylic acids is 1. The Labute approximate surface area is 104 Å². The average Bonchev–Trinajstić information content (AvgIpc) is 2.79. The topological polar surface area (TPSA) is 41.1 Å².